The Labute approximate surface area is 98.7 Å². The van der Waals surface area contributed by atoms with Gasteiger partial charge in [0.05, 0.1) is 11.9 Å². The van der Waals surface area contributed by atoms with E-state index in [0.29, 0.717) is 5.92 Å². The minimum Gasteiger partial charge on any atom is -0.387 e. The van der Waals surface area contributed by atoms with Gasteiger partial charge in [0.15, 0.2) is 0 Å². The third-order valence-corrected chi connectivity index (χ3v) is 3.22. The summed E-state index contributed by atoms with van der Waals surface area (Å²) in [5.41, 5.74) is 7.10. The van der Waals surface area contributed by atoms with Gasteiger partial charge in [0, 0.05) is 10.4 Å². The first-order chi connectivity index (χ1) is 7.16. The summed E-state index contributed by atoms with van der Waals surface area (Å²) in [6.07, 6.45) is 2.42. The van der Waals surface area contributed by atoms with Crippen molar-refractivity contribution in [1.82, 2.24) is 0 Å². The lowest BCUT2D eigenvalue weighted by molar-refractivity contribution is 0.808. The quantitative estimate of drug-likeness (QED) is 0.662. The van der Waals surface area contributed by atoms with Gasteiger partial charge >= 0.3 is 0 Å². The zero-order chi connectivity index (χ0) is 10.8. The number of hydrogen-bond acceptors (Lipinski definition) is 1. The summed E-state index contributed by atoms with van der Waals surface area (Å²) >= 11 is 3.42. The van der Waals surface area contributed by atoms with E-state index in [-0.39, 0.29) is 6.04 Å². The Morgan fingerprint density at radius 1 is 1.40 bits per heavy atom. The largest absolute Gasteiger partial charge is 0.387 e. The fourth-order valence-corrected chi connectivity index (χ4v) is 1.79. The van der Waals surface area contributed by atoms with Gasteiger partial charge in [-0.15, -0.1) is 0 Å². The van der Waals surface area contributed by atoms with Crippen molar-refractivity contribution in [2.45, 2.75) is 25.8 Å². The third kappa shape index (κ3) is 2.81. The maximum Gasteiger partial charge on any atom is 0.0975 e. The third-order valence-electron chi connectivity index (χ3n) is 2.69. The molecule has 1 atom stereocenters. The van der Waals surface area contributed by atoms with E-state index >= 15 is 0 Å². The molecule has 2 N–H and O–H groups in total. The van der Waals surface area contributed by atoms with E-state index in [1.807, 2.05) is 12.1 Å². The van der Waals surface area contributed by atoms with Crippen LogP contribution in [0.15, 0.2) is 33.7 Å². The summed E-state index contributed by atoms with van der Waals surface area (Å²) in [4.78, 5) is 4.52. The van der Waals surface area contributed by atoms with Crippen LogP contribution in [0.5, 0.6) is 0 Å². The zero-order valence-corrected chi connectivity index (χ0v) is 10.4. The lowest BCUT2D eigenvalue weighted by Crippen LogP contribution is -2.15. The van der Waals surface area contributed by atoms with Gasteiger partial charge in [0.2, 0.25) is 0 Å². The smallest absolute Gasteiger partial charge is 0.0975 e. The molecule has 3 heteroatoms. The SMILES string of the molecule is CC(N=C(N)C1CC1)c1ccc(Br)cc1. The van der Waals surface area contributed by atoms with E-state index in [0.717, 1.165) is 10.3 Å². The van der Waals surface area contributed by atoms with E-state index in [9.17, 15) is 0 Å². The molecule has 0 spiro atoms. The van der Waals surface area contributed by atoms with Crippen LogP contribution in [0.25, 0.3) is 0 Å². The molecule has 1 saturated carbocycles. The van der Waals surface area contributed by atoms with Gasteiger partial charge in [-0.1, -0.05) is 28.1 Å². The van der Waals surface area contributed by atoms with Crippen LogP contribution < -0.4 is 5.73 Å². The van der Waals surface area contributed by atoms with Crippen molar-refractivity contribution in [2.24, 2.45) is 16.6 Å². The molecule has 1 aromatic carbocycles. The molecule has 0 amide bonds. The van der Waals surface area contributed by atoms with E-state index < -0.39 is 0 Å². The predicted octanol–water partition coefficient (Wildman–Crippen LogP) is 3.28. The lowest BCUT2D eigenvalue weighted by Gasteiger charge is -2.08. The Morgan fingerprint density at radius 3 is 2.53 bits per heavy atom. The number of hydrogen-bond donors (Lipinski definition) is 1. The molecule has 2 rings (SSSR count). The van der Waals surface area contributed by atoms with Crippen LogP contribution in [0.1, 0.15) is 31.4 Å². The van der Waals surface area contributed by atoms with Gasteiger partial charge in [-0.2, -0.15) is 0 Å². The number of halogens is 1. The average Bonchev–Trinajstić information content (AvgIpc) is 3.01. The Hall–Kier alpha value is -0.830. The number of aliphatic imine (C=N–C) groups is 1. The summed E-state index contributed by atoms with van der Waals surface area (Å²) in [5.74, 6) is 1.38. The fraction of sp³-hybridized carbons (Fsp3) is 0.417. The molecule has 80 valence electrons. The monoisotopic (exact) mass is 266 g/mol. The number of nitrogens with zero attached hydrogens (tertiary/aromatic N) is 1. The van der Waals surface area contributed by atoms with Crippen LogP contribution in [0.3, 0.4) is 0 Å². The second-order valence-electron chi connectivity index (χ2n) is 4.06. The highest BCUT2D eigenvalue weighted by atomic mass is 79.9. The van der Waals surface area contributed by atoms with Gasteiger partial charge in [0.25, 0.3) is 0 Å². The first-order valence-corrected chi connectivity index (χ1v) is 6.05. The molecule has 0 saturated heterocycles. The van der Waals surface area contributed by atoms with Gasteiger partial charge in [-0.25, -0.2) is 0 Å². The Morgan fingerprint density at radius 2 is 2.00 bits per heavy atom. The number of amidine groups is 1. The highest BCUT2D eigenvalue weighted by molar-refractivity contribution is 9.10. The molecule has 0 bridgehead atoms. The van der Waals surface area contributed by atoms with Crippen molar-refractivity contribution in [1.29, 1.82) is 0 Å². The zero-order valence-electron chi connectivity index (χ0n) is 8.78. The number of nitrogens with two attached hydrogens (primary N) is 1. The minimum absolute atomic E-state index is 0.165. The second kappa shape index (κ2) is 4.35. The molecular weight excluding hydrogens is 252 g/mol. The Bertz CT molecular complexity index is 366. The average molecular weight is 267 g/mol. The maximum absolute atomic E-state index is 5.89. The normalized spacial score (nSPS) is 18.9. The van der Waals surface area contributed by atoms with E-state index in [2.05, 4.69) is 40.0 Å². The van der Waals surface area contributed by atoms with Crippen LogP contribution in [-0.2, 0) is 0 Å². The van der Waals surface area contributed by atoms with E-state index in [1.54, 1.807) is 0 Å². The van der Waals surface area contributed by atoms with Crippen LogP contribution >= 0.6 is 15.9 Å². The molecule has 0 radical (unpaired) electrons. The molecule has 2 nitrogen and oxygen atoms in total. The molecule has 1 aliphatic carbocycles. The molecule has 0 aliphatic heterocycles. The van der Waals surface area contributed by atoms with E-state index in [1.165, 1.54) is 18.4 Å². The topological polar surface area (TPSA) is 38.4 Å². The Kier molecular flexibility index (Phi) is 3.10. The van der Waals surface area contributed by atoms with Crippen LogP contribution in [0.2, 0.25) is 0 Å². The summed E-state index contributed by atoms with van der Waals surface area (Å²) in [5, 5.41) is 0. The summed E-state index contributed by atoms with van der Waals surface area (Å²) in [6, 6.07) is 8.40. The lowest BCUT2D eigenvalue weighted by atomic mass is 10.1. The predicted molar refractivity (Wildman–Crippen MR) is 66.9 cm³/mol. The summed E-state index contributed by atoms with van der Waals surface area (Å²) in [6.45, 7) is 2.08. The first kappa shape index (κ1) is 10.7. The van der Waals surface area contributed by atoms with Crippen molar-refractivity contribution in [3.8, 4) is 0 Å². The molecule has 1 unspecified atom stereocenters. The van der Waals surface area contributed by atoms with Crippen molar-refractivity contribution < 1.29 is 0 Å². The van der Waals surface area contributed by atoms with Crippen LogP contribution in [0, 0.1) is 5.92 Å². The van der Waals surface area contributed by atoms with Gasteiger partial charge < -0.3 is 5.73 Å². The van der Waals surface area contributed by atoms with Crippen molar-refractivity contribution in [3.63, 3.8) is 0 Å². The molecule has 1 aromatic rings. The molecular formula is C12H15BrN2. The summed E-state index contributed by atoms with van der Waals surface area (Å²) < 4.78 is 1.09. The molecule has 0 aromatic heterocycles. The Balaban J connectivity index is 2.09. The summed E-state index contributed by atoms with van der Waals surface area (Å²) in [7, 11) is 0. The van der Waals surface area contributed by atoms with Crippen molar-refractivity contribution in [3.05, 3.63) is 34.3 Å². The van der Waals surface area contributed by atoms with Gasteiger partial charge in [-0.05, 0) is 37.5 Å². The van der Waals surface area contributed by atoms with E-state index in [4.69, 9.17) is 5.73 Å². The fourth-order valence-electron chi connectivity index (χ4n) is 1.52. The molecule has 1 fully saturated rings. The first-order valence-electron chi connectivity index (χ1n) is 5.25. The van der Waals surface area contributed by atoms with Crippen molar-refractivity contribution >= 4 is 21.8 Å². The number of rotatable bonds is 3. The highest BCUT2D eigenvalue weighted by Gasteiger charge is 2.25. The standard InChI is InChI=1S/C12H15BrN2/c1-8(15-12(14)10-2-3-10)9-4-6-11(13)7-5-9/h4-8,10H,2-3H2,1H3,(H2,14,15). The van der Waals surface area contributed by atoms with Gasteiger partial charge in [-0.3, -0.25) is 4.99 Å². The molecule has 0 heterocycles. The maximum atomic E-state index is 5.89. The molecule has 1 aliphatic rings. The van der Waals surface area contributed by atoms with Crippen LogP contribution in [0.4, 0.5) is 0 Å². The van der Waals surface area contributed by atoms with Crippen molar-refractivity contribution in [2.75, 3.05) is 0 Å². The molecule has 15 heavy (non-hydrogen) atoms. The second-order valence-corrected chi connectivity index (χ2v) is 4.97. The number of benzene rings is 1. The van der Waals surface area contributed by atoms with Gasteiger partial charge in [0.1, 0.15) is 0 Å². The minimum atomic E-state index is 0.165. The van der Waals surface area contributed by atoms with Crippen LogP contribution in [-0.4, -0.2) is 5.84 Å². The highest BCUT2D eigenvalue weighted by Crippen LogP contribution is 2.30.